The Kier molecular flexibility index (Phi) is 7.05. The summed E-state index contributed by atoms with van der Waals surface area (Å²) in [6.07, 6.45) is 1.05. The molecule has 2 aromatic carbocycles. The number of rotatable bonds is 8. The molecule has 0 aliphatic heterocycles. The number of H-pyrrole nitrogens is 1. The van der Waals surface area contributed by atoms with Gasteiger partial charge in [-0.15, -0.1) is 0 Å². The summed E-state index contributed by atoms with van der Waals surface area (Å²) in [5, 5.41) is 11.4. The summed E-state index contributed by atoms with van der Waals surface area (Å²) >= 11 is 0. The first-order valence-electron chi connectivity index (χ1n) is 11.1. The van der Waals surface area contributed by atoms with Gasteiger partial charge in [-0.2, -0.15) is 0 Å². The van der Waals surface area contributed by atoms with Crippen molar-refractivity contribution in [2.75, 3.05) is 14.2 Å². The van der Waals surface area contributed by atoms with Crippen LogP contribution in [0, 0.1) is 10.1 Å². The molecule has 2 aromatic heterocycles. The Balaban J connectivity index is 1.96. The van der Waals surface area contributed by atoms with E-state index in [0.29, 0.717) is 27.8 Å². The molecule has 0 atom stereocenters. The van der Waals surface area contributed by atoms with Crippen LogP contribution in [0.15, 0.2) is 54.7 Å². The molecule has 0 amide bonds. The fraction of sp³-hybridized carbons (Fsp3) is 0.192. The number of aromatic amines is 1. The third-order valence-corrected chi connectivity index (χ3v) is 5.37. The molecule has 2 heterocycles. The summed E-state index contributed by atoms with van der Waals surface area (Å²) in [5.41, 5.74) is 1.27. The molecule has 0 aliphatic carbocycles. The smallest absolute Gasteiger partial charge is 0.355 e. The second kappa shape index (κ2) is 10.4. The molecule has 1 N–H and O–H groups in total. The maximum Gasteiger partial charge on any atom is 0.355 e. The molecule has 11 nitrogen and oxygen atoms in total. The number of aromatic nitrogens is 2. The Morgan fingerprint density at radius 2 is 1.68 bits per heavy atom. The van der Waals surface area contributed by atoms with Gasteiger partial charge >= 0.3 is 11.9 Å². The van der Waals surface area contributed by atoms with Crippen LogP contribution < -0.4 is 9.47 Å². The van der Waals surface area contributed by atoms with Gasteiger partial charge in [-0.05, 0) is 43.7 Å². The minimum absolute atomic E-state index is 0.0241. The zero-order valence-corrected chi connectivity index (χ0v) is 20.4. The van der Waals surface area contributed by atoms with Crippen molar-refractivity contribution in [2.45, 2.75) is 20.0 Å². The van der Waals surface area contributed by atoms with E-state index in [1.165, 1.54) is 26.4 Å². The standard InChI is InChI=1S/C26H23N3O8/c1-14(2)36-17-8-5-15(6-9-17)21-19(37-20-12-7-16(13-27-20)29(32)33)11-10-18-22(21)23(25(30)34-3)24(28-18)26(31)35-4/h5-14,28H,1-4H3. The highest BCUT2D eigenvalue weighted by atomic mass is 16.6. The summed E-state index contributed by atoms with van der Waals surface area (Å²) in [7, 11) is 2.42. The average Bonchev–Trinajstić information content (AvgIpc) is 3.28. The van der Waals surface area contributed by atoms with Crippen LogP contribution in [-0.4, -0.2) is 47.2 Å². The molecular formula is C26H23N3O8. The fourth-order valence-corrected chi connectivity index (χ4v) is 3.83. The molecule has 37 heavy (non-hydrogen) atoms. The average molecular weight is 505 g/mol. The molecular weight excluding hydrogens is 482 g/mol. The Hall–Kier alpha value is -4.93. The Morgan fingerprint density at radius 3 is 2.24 bits per heavy atom. The lowest BCUT2D eigenvalue weighted by atomic mass is 9.97. The summed E-state index contributed by atoms with van der Waals surface area (Å²) < 4.78 is 21.6. The molecule has 0 saturated heterocycles. The topological polar surface area (TPSA) is 143 Å². The van der Waals surface area contributed by atoms with Crippen LogP contribution in [0.2, 0.25) is 0 Å². The minimum Gasteiger partial charge on any atom is -0.491 e. The number of carbonyl (C=O) groups excluding carboxylic acids is 2. The summed E-state index contributed by atoms with van der Waals surface area (Å²) in [6.45, 7) is 3.82. The molecule has 11 heteroatoms. The van der Waals surface area contributed by atoms with Gasteiger partial charge in [0.25, 0.3) is 5.69 Å². The van der Waals surface area contributed by atoms with Gasteiger partial charge in [0.1, 0.15) is 29.0 Å². The third-order valence-electron chi connectivity index (χ3n) is 5.37. The predicted molar refractivity (Wildman–Crippen MR) is 133 cm³/mol. The maximum atomic E-state index is 12.9. The van der Waals surface area contributed by atoms with Crippen LogP contribution in [0.4, 0.5) is 5.69 Å². The molecule has 0 saturated carbocycles. The first-order chi connectivity index (χ1) is 17.7. The lowest BCUT2D eigenvalue weighted by Crippen LogP contribution is -2.11. The van der Waals surface area contributed by atoms with Gasteiger partial charge in [0.2, 0.25) is 5.88 Å². The van der Waals surface area contributed by atoms with Crippen molar-refractivity contribution in [3.8, 4) is 28.5 Å². The first-order valence-corrected chi connectivity index (χ1v) is 11.1. The van der Waals surface area contributed by atoms with E-state index in [1.807, 2.05) is 13.8 Å². The van der Waals surface area contributed by atoms with Crippen LogP contribution in [0.3, 0.4) is 0 Å². The molecule has 0 unspecified atom stereocenters. The van der Waals surface area contributed by atoms with Crippen LogP contribution in [-0.2, 0) is 9.47 Å². The number of hydrogen-bond acceptors (Lipinski definition) is 9. The fourth-order valence-electron chi connectivity index (χ4n) is 3.83. The van der Waals surface area contributed by atoms with Crippen molar-refractivity contribution < 1.29 is 33.5 Å². The van der Waals surface area contributed by atoms with Gasteiger partial charge in [0.05, 0.1) is 25.2 Å². The number of carbonyl (C=O) groups is 2. The number of fused-ring (bicyclic) bond motifs is 1. The van der Waals surface area contributed by atoms with Crippen LogP contribution in [0.1, 0.15) is 34.7 Å². The van der Waals surface area contributed by atoms with Crippen molar-refractivity contribution >= 4 is 28.5 Å². The highest BCUT2D eigenvalue weighted by molar-refractivity contribution is 6.17. The number of nitro groups is 1. The van der Waals surface area contributed by atoms with E-state index in [4.69, 9.17) is 18.9 Å². The second-order valence-electron chi connectivity index (χ2n) is 8.12. The van der Waals surface area contributed by atoms with Gasteiger partial charge < -0.3 is 23.9 Å². The molecule has 0 bridgehead atoms. The monoisotopic (exact) mass is 505 g/mol. The van der Waals surface area contributed by atoms with E-state index in [1.54, 1.807) is 36.4 Å². The van der Waals surface area contributed by atoms with Crippen molar-refractivity contribution in [2.24, 2.45) is 0 Å². The number of esters is 2. The summed E-state index contributed by atoms with van der Waals surface area (Å²) in [4.78, 5) is 42.8. The van der Waals surface area contributed by atoms with E-state index < -0.39 is 16.9 Å². The number of nitrogens with zero attached hydrogens (tertiary/aromatic N) is 2. The largest absolute Gasteiger partial charge is 0.491 e. The van der Waals surface area contributed by atoms with Gasteiger partial charge in [0, 0.05) is 28.6 Å². The maximum absolute atomic E-state index is 12.9. The Morgan fingerprint density at radius 1 is 0.973 bits per heavy atom. The summed E-state index contributed by atoms with van der Waals surface area (Å²) in [5.74, 6) is -0.481. The SMILES string of the molecule is COC(=O)c1[nH]c2ccc(Oc3ccc([N+](=O)[O-])cn3)c(-c3ccc(OC(C)C)cc3)c2c1C(=O)OC. The molecule has 0 aliphatic rings. The van der Waals surface area contributed by atoms with Crippen LogP contribution >= 0.6 is 0 Å². The van der Waals surface area contributed by atoms with Gasteiger partial charge in [0.15, 0.2) is 0 Å². The van der Waals surface area contributed by atoms with Crippen molar-refractivity contribution in [3.63, 3.8) is 0 Å². The van der Waals surface area contributed by atoms with Crippen molar-refractivity contribution in [1.29, 1.82) is 0 Å². The number of nitrogens with one attached hydrogen (secondary N) is 1. The summed E-state index contributed by atoms with van der Waals surface area (Å²) in [6, 6.07) is 13.0. The van der Waals surface area contributed by atoms with E-state index in [-0.39, 0.29) is 34.7 Å². The molecule has 190 valence electrons. The van der Waals surface area contributed by atoms with Crippen molar-refractivity contribution in [1.82, 2.24) is 9.97 Å². The highest BCUT2D eigenvalue weighted by Crippen LogP contribution is 2.42. The number of pyridine rings is 1. The highest BCUT2D eigenvalue weighted by Gasteiger charge is 2.28. The van der Waals surface area contributed by atoms with Gasteiger partial charge in [-0.25, -0.2) is 14.6 Å². The Bertz CT molecular complexity index is 1470. The predicted octanol–water partition coefficient (Wildman–Crippen LogP) is 5.29. The van der Waals surface area contributed by atoms with E-state index >= 15 is 0 Å². The lowest BCUT2D eigenvalue weighted by Gasteiger charge is -2.15. The second-order valence-corrected chi connectivity index (χ2v) is 8.12. The van der Waals surface area contributed by atoms with Gasteiger partial charge in [-0.3, -0.25) is 10.1 Å². The normalized spacial score (nSPS) is 10.8. The van der Waals surface area contributed by atoms with Crippen molar-refractivity contribution in [3.05, 3.63) is 76.1 Å². The van der Waals surface area contributed by atoms with Crippen LogP contribution in [0.5, 0.6) is 17.4 Å². The quantitative estimate of drug-likeness (QED) is 0.192. The zero-order chi connectivity index (χ0) is 26.7. The molecule has 0 fully saturated rings. The molecule has 4 rings (SSSR count). The molecule has 4 aromatic rings. The van der Waals surface area contributed by atoms with E-state index in [9.17, 15) is 19.7 Å². The Labute approximate surface area is 211 Å². The third kappa shape index (κ3) is 5.06. The first kappa shape index (κ1) is 25.2. The van der Waals surface area contributed by atoms with Crippen LogP contribution in [0.25, 0.3) is 22.0 Å². The number of methoxy groups -OCH3 is 2. The lowest BCUT2D eigenvalue weighted by molar-refractivity contribution is -0.385. The van der Waals surface area contributed by atoms with Gasteiger partial charge in [-0.1, -0.05) is 12.1 Å². The minimum atomic E-state index is -0.752. The number of benzene rings is 2. The van der Waals surface area contributed by atoms with E-state index in [0.717, 1.165) is 6.20 Å². The van der Waals surface area contributed by atoms with E-state index in [2.05, 4.69) is 9.97 Å². The number of hydrogen-bond donors (Lipinski definition) is 1. The number of ether oxygens (including phenoxy) is 4. The molecule has 0 radical (unpaired) electrons. The zero-order valence-electron chi connectivity index (χ0n) is 20.4. The molecule has 0 spiro atoms.